The minimum atomic E-state index is -0.381. The lowest BCUT2D eigenvalue weighted by Gasteiger charge is -1.99. The zero-order valence-electron chi connectivity index (χ0n) is 11.4. The summed E-state index contributed by atoms with van der Waals surface area (Å²) in [6.45, 7) is 0. The Hall–Kier alpha value is -3.28. The molecule has 2 N–H and O–H groups in total. The molecule has 0 spiro atoms. The average molecular weight is 293 g/mol. The van der Waals surface area contributed by atoms with Crippen LogP contribution in [0.15, 0.2) is 68.8 Å². The van der Waals surface area contributed by atoms with Crippen LogP contribution in [-0.4, -0.2) is 14.8 Å². The molecule has 108 valence electrons. The normalized spacial score (nSPS) is 11.1. The van der Waals surface area contributed by atoms with Gasteiger partial charge in [-0.3, -0.25) is 14.7 Å². The van der Waals surface area contributed by atoms with Crippen molar-refractivity contribution in [3.8, 4) is 17.1 Å². The number of furan rings is 1. The summed E-state index contributed by atoms with van der Waals surface area (Å²) in [5.74, 6) is 0.535. The van der Waals surface area contributed by atoms with Crippen LogP contribution in [0.25, 0.3) is 28.2 Å². The van der Waals surface area contributed by atoms with Crippen molar-refractivity contribution in [1.82, 2.24) is 14.8 Å². The number of H-pyrrole nitrogens is 2. The van der Waals surface area contributed by atoms with E-state index in [1.54, 1.807) is 24.3 Å². The molecule has 6 nitrogen and oxygen atoms in total. The van der Waals surface area contributed by atoms with Crippen LogP contribution in [0.3, 0.4) is 0 Å². The zero-order chi connectivity index (χ0) is 15.1. The quantitative estimate of drug-likeness (QED) is 0.594. The fraction of sp³-hybridized carbons (Fsp3) is 0. The second-order valence-electron chi connectivity index (χ2n) is 4.86. The van der Waals surface area contributed by atoms with Crippen molar-refractivity contribution in [2.24, 2.45) is 0 Å². The van der Waals surface area contributed by atoms with Gasteiger partial charge in [0, 0.05) is 6.07 Å². The predicted octanol–water partition coefficient (Wildman–Crippen LogP) is 2.27. The van der Waals surface area contributed by atoms with Crippen LogP contribution in [0.5, 0.6) is 0 Å². The molecule has 1 aromatic carbocycles. The van der Waals surface area contributed by atoms with Gasteiger partial charge in [0.15, 0.2) is 5.43 Å². The zero-order valence-corrected chi connectivity index (χ0v) is 11.4. The van der Waals surface area contributed by atoms with E-state index in [1.807, 2.05) is 18.2 Å². The molecule has 0 unspecified atom stereocenters. The fourth-order valence-electron chi connectivity index (χ4n) is 2.45. The maximum atomic E-state index is 12.4. The Morgan fingerprint density at radius 3 is 2.55 bits per heavy atom. The molecule has 0 aliphatic rings. The van der Waals surface area contributed by atoms with Gasteiger partial charge in [-0.15, -0.1) is 0 Å². The van der Waals surface area contributed by atoms with E-state index in [-0.39, 0.29) is 16.4 Å². The monoisotopic (exact) mass is 293 g/mol. The molecular formula is C16H11N3O3. The molecule has 0 aliphatic heterocycles. The highest BCUT2D eigenvalue weighted by molar-refractivity contribution is 5.77. The number of aromatic nitrogens is 3. The lowest BCUT2D eigenvalue weighted by atomic mass is 10.2. The summed E-state index contributed by atoms with van der Waals surface area (Å²) in [4.78, 5) is 27.7. The van der Waals surface area contributed by atoms with Gasteiger partial charge in [-0.25, -0.2) is 4.68 Å². The van der Waals surface area contributed by atoms with Gasteiger partial charge in [0.1, 0.15) is 16.8 Å². The minimum Gasteiger partial charge on any atom is -0.463 e. The lowest BCUT2D eigenvalue weighted by Crippen LogP contribution is -2.18. The molecule has 3 aromatic heterocycles. The van der Waals surface area contributed by atoms with Gasteiger partial charge < -0.3 is 9.40 Å². The molecular weight excluding hydrogens is 282 g/mol. The van der Waals surface area contributed by atoms with Gasteiger partial charge in [0.2, 0.25) is 0 Å². The van der Waals surface area contributed by atoms with Crippen molar-refractivity contribution < 1.29 is 4.42 Å². The minimum absolute atomic E-state index is 0.0964. The van der Waals surface area contributed by atoms with Crippen LogP contribution < -0.4 is 11.0 Å². The number of para-hydroxylation sites is 1. The van der Waals surface area contributed by atoms with E-state index in [0.717, 1.165) is 0 Å². The second-order valence-corrected chi connectivity index (χ2v) is 4.86. The molecule has 0 saturated carbocycles. The Morgan fingerprint density at radius 1 is 1.00 bits per heavy atom. The summed E-state index contributed by atoms with van der Waals surface area (Å²) in [5.41, 5.74) is 0.817. The maximum absolute atomic E-state index is 12.4. The smallest absolute Gasteiger partial charge is 0.284 e. The van der Waals surface area contributed by atoms with Crippen molar-refractivity contribution in [3.05, 3.63) is 75.4 Å². The number of benzene rings is 1. The summed E-state index contributed by atoms with van der Waals surface area (Å²) in [6.07, 6.45) is 1.52. The Bertz CT molecular complexity index is 1050. The van der Waals surface area contributed by atoms with Gasteiger partial charge in [-0.1, -0.05) is 18.2 Å². The molecule has 6 heteroatoms. The summed E-state index contributed by atoms with van der Waals surface area (Å²) >= 11 is 0. The SMILES string of the molecule is O=c1cc(-c2ccco2)[nH]c2[nH]n(-c3ccccc3)c(=O)c12. The fourth-order valence-corrected chi connectivity index (χ4v) is 2.45. The largest absolute Gasteiger partial charge is 0.463 e. The Kier molecular flexibility index (Phi) is 2.62. The molecule has 0 bridgehead atoms. The number of nitrogens with one attached hydrogen (secondary N) is 2. The van der Waals surface area contributed by atoms with Crippen LogP contribution in [0.2, 0.25) is 0 Å². The van der Waals surface area contributed by atoms with Gasteiger partial charge in [-0.05, 0) is 24.3 Å². The van der Waals surface area contributed by atoms with Crippen molar-refractivity contribution in [2.75, 3.05) is 0 Å². The third kappa shape index (κ3) is 1.81. The van der Waals surface area contributed by atoms with Gasteiger partial charge in [0.05, 0.1) is 17.6 Å². The third-order valence-corrected chi connectivity index (χ3v) is 3.47. The highest BCUT2D eigenvalue weighted by atomic mass is 16.3. The first-order chi connectivity index (χ1) is 10.7. The predicted molar refractivity (Wildman–Crippen MR) is 82.2 cm³/mol. The standard InChI is InChI=1S/C16H11N3O3/c20-12-9-11(13-7-4-8-22-13)17-15-14(12)16(21)19(18-15)10-5-2-1-3-6-10/h1-9H,(H2,17,18,20). The van der Waals surface area contributed by atoms with E-state index >= 15 is 0 Å². The average Bonchev–Trinajstić information content (AvgIpc) is 3.16. The van der Waals surface area contributed by atoms with Crippen molar-refractivity contribution in [3.63, 3.8) is 0 Å². The molecule has 22 heavy (non-hydrogen) atoms. The maximum Gasteiger partial charge on any atom is 0.284 e. The molecule has 0 fully saturated rings. The number of nitrogens with zero attached hydrogens (tertiary/aromatic N) is 1. The number of aromatic amines is 2. The van der Waals surface area contributed by atoms with Crippen molar-refractivity contribution in [1.29, 1.82) is 0 Å². The number of fused-ring (bicyclic) bond motifs is 1. The van der Waals surface area contributed by atoms with Crippen LogP contribution >= 0.6 is 0 Å². The molecule has 3 heterocycles. The third-order valence-electron chi connectivity index (χ3n) is 3.47. The molecule has 0 aliphatic carbocycles. The molecule has 0 atom stereocenters. The number of hydrogen-bond acceptors (Lipinski definition) is 3. The van der Waals surface area contributed by atoms with E-state index in [2.05, 4.69) is 10.1 Å². The number of rotatable bonds is 2. The van der Waals surface area contributed by atoms with E-state index in [4.69, 9.17) is 4.42 Å². The molecule has 0 saturated heterocycles. The van der Waals surface area contributed by atoms with Gasteiger partial charge in [0.25, 0.3) is 5.56 Å². The van der Waals surface area contributed by atoms with Crippen LogP contribution in [0, 0.1) is 0 Å². The summed E-state index contributed by atoms with van der Waals surface area (Å²) in [7, 11) is 0. The van der Waals surface area contributed by atoms with Crippen LogP contribution in [0.4, 0.5) is 0 Å². The summed E-state index contributed by atoms with van der Waals surface area (Å²) in [5, 5.41) is 3.03. The number of hydrogen-bond donors (Lipinski definition) is 2. The van der Waals surface area contributed by atoms with Crippen LogP contribution in [-0.2, 0) is 0 Å². The first kappa shape index (κ1) is 12.5. The Morgan fingerprint density at radius 2 is 1.82 bits per heavy atom. The molecule has 0 radical (unpaired) electrons. The molecule has 0 amide bonds. The van der Waals surface area contributed by atoms with Crippen molar-refractivity contribution in [2.45, 2.75) is 0 Å². The number of pyridine rings is 1. The highest BCUT2D eigenvalue weighted by Crippen LogP contribution is 2.17. The van der Waals surface area contributed by atoms with E-state index in [1.165, 1.54) is 17.0 Å². The summed E-state index contributed by atoms with van der Waals surface area (Å²) in [6, 6.07) is 13.9. The van der Waals surface area contributed by atoms with Gasteiger partial charge in [-0.2, -0.15) is 0 Å². The molecule has 4 aromatic rings. The van der Waals surface area contributed by atoms with Gasteiger partial charge >= 0.3 is 0 Å². The van der Waals surface area contributed by atoms with E-state index < -0.39 is 0 Å². The molecule has 4 rings (SSSR count). The first-order valence-corrected chi connectivity index (χ1v) is 6.71. The first-order valence-electron chi connectivity index (χ1n) is 6.71. The topological polar surface area (TPSA) is 83.8 Å². The van der Waals surface area contributed by atoms with E-state index in [9.17, 15) is 9.59 Å². The Balaban J connectivity index is 2.01. The second kappa shape index (κ2) is 4.63. The van der Waals surface area contributed by atoms with Crippen molar-refractivity contribution >= 4 is 11.0 Å². The highest BCUT2D eigenvalue weighted by Gasteiger charge is 2.14. The summed E-state index contributed by atoms with van der Waals surface area (Å²) < 4.78 is 6.62. The lowest BCUT2D eigenvalue weighted by molar-refractivity contribution is 0.580. The van der Waals surface area contributed by atoms with Crippen LogP contribution in [0.1, 0.15) is 0 Å². The Labute approximate surface area is 123 Å². The van der Waals surface area contributed by atoms with E-state index in [0.29, 0.717) is 22.8 Å².